The summed E-state index contributed by atoms with van der Waals surface area (Å²) in [6.45, 7) is 9.94. The molecule has 1 aliphatic carbocycles. The van der Waals surface area contributed by atoms with Crippen molar-refractivity contribution in [3.63, 3.8) is 0 Å². The van der Waals surface area contributed by atoms with Crippen LogP contribution in [-0.2, 0) is 9.59 Å². The lowest BCUT2D eigenvalue weighted by Crippen LogP contribution is -2.39. The van der Waals surface area contributed by atoms with Crippen LogP contribution in [0.1, 0.15) is 76.0 Å². The van der Waals surface area contributed by atoms with Gasteiger partial charge < -0.3 is 15.3 Å². The van der Waals surface area contributed by atoms with E-state index < -0.39 is 23.9 Å². The van der Waals surface area contributed by atoms with Gasteiger partial charge >= 0.3 is 0 Å². The molecule has 1 aromatic rings. The maximum absolute atomic E-state index is 13.2. The number of phenols is 1. The fourth-order valence-corrected chi connectivity index (χ4v) is 5.96. The number of amides is 2. The first-order valence-corrected chi connectivity index (χ1v) is 13.0. The Morgan fingerprint density at radius 2 is 1.80 bits per heavy atom. The quantitative estimate of drug-likeness (QED) is 0.332. The van der Waals surface area contributed by atoms with Crippen molar-refractivity contribution < 1.29 is 24.9 Å². The first-order chi connectivity index (χ1) is 16.6. The van der Waals surface area contributed by atoms with Crippen LogP contribution in [-0.4, -0.2) is 51.3 Å². The minimum atomic E-state index is -0.774. The summed E-state index contributed by atoms with van der Waals surface area (Å²) in [5, 5.41) is 31.7. The monoisotopic (exact) mass is 483 g/mol. The van der Waals surface area contributed by atoms with Crippen LogP contribution in [0.25, 0.3) is 6.08 Å². The van der Waals surface area contributed by atoms with Crippen molar-refractivity contribution in [3.05, 3.63) is 45.5 Å². The van der Waals surface area contributed by atoms with Gasteiger partial charge in [0.25, 0.3) is 0 Å². The van der Waals surface area contributed by atoms with Crippen LogP contribution < -0.4 is 0 Å². The number of aromatic hydroxyl groups is 1. The summed E-state index contributed by atoms with van der Waals surface area (Å²) >= 11 is 0. The van der Waals surface area contributed by atoms with Crippen LogP contribution in [0.2, 0.25) is 0 Å². The van der Waals surface area contributed by atoms with E-state index in [4.69, 9.17) is 0 Å². The SMILES string of the molecule is CCCC1=C([C@H](O)CC/C(C)=C/c2cc(C)c(O)c(C)c2)[C@H](CO)[C@@H]2C(=O)N(CCC)C(=O)[C@@H]2C1. The van der Waals surface area contributed by atoms with Gasteiger partial charge in [0.1, 0.15) is 5.75 Å². The van der Waals surface area contributed by atoms with E-state index in [-0.39, 0.29) is 18.4 Å². The van der Waals surface area contributed by atoms with E-state index in [0.29, 0.717) is 38.0 Å². The van der Waals surface area contributed by atoms with Crippen molar-refractivity contribution in [3.8, 4) is 5.75 Å². The number of hydrogen-bond acceptors (Lipinski definition) is 5. The van der Waals surface area contributed by atoms with Gasteiger partial charge in [0.15, 0.2) is 0 Å². The zero-order valence-corrected chi connectivity index (χ0v) is 21.8. The highest BCUT2D eigenvalue weighted by atomic mass is 16.3. The Morgan fingerprint density at radius 3 is 2.37 bits per heavy atom. The molecule has 3 rings (SSSR count). The van der Waals surface area contributed by atoms with Gasteiger partial charge in [0.2, 0.25) is 11.8 Å². The van der Waals surface area contributed by atoms with E-state index >= 15 is 0 Å². The van der Waals surface area contributed by atoms with Crippen molar-refractivity contribution in [1.29, 1.82) is 0 Å². The first-order valence-electron chi connectivity index (χ1n) is 13.0. The molecule has 1 aliphatic heterocycles. The van der Waals surface area contributed by atoms with Gasteiger partial charge in [-0.1, -0.05) is 37.5 Å². The maximum atomic E-state index is 13.2. The molecule has 0 bridgehead atoms. The van der Waals surface area contributed by atoms with Crippen molar-refractivity contribution in [1.82, 2.24) is 4.90 Å². The van der Waals surface area contributed by atoms with Gasteiger partial charge in [-0.05, 0) is 87.3 Å². The van der Waals surface area contributed by atoms with E-state index in [1.165, 1.54) is 4.90 Å². The summed E-state index contributed by atoms with van der Waals surface area (Å²) in [5.74, 6) is -1.53. The molecule has 6 heteroatoms. The summed E-state index contributed by atoms with van der Waals surface area (Å²) in [5.41, 5.74) is 5.57. The zero-order valence-electron chi connectivity index (χ0n) is 21.8. The number of nitrogens with zero attached hydrogens (tertiary/aromatic N) is 1. The smallest absolute Gasteiger partial charge is 0.233 e. The number of phenolic OH excluding ortho intramolecular Hbond substituents is 1. The lowest BCUT2D eigenvalue weighted by atomic mass is 9.67. The van der Waals surface area contributed by atoms with E-state index in [2.05, 4.69) is 13.0 Å². The number of likely N-dealkylation sites (tertiary alicyclic amines) is 1. The van der Waals surface area contributed by atoms with Crippen molar-refractivity contribution in [2.75, 3.05) is 13.2 Å². The summed E-state index contributed by atoms with van der Waals surface area (Å²) < 4.78 is 0. The number of carbonyl (C=O) groups excluding carboxylic acids is 2. The average Bonchev–Trinajstić information content (AvgIpc) is 3.05. The second kappa shape index (κ2) is 11.5. The van der Waals surface area contributed by atoms with Gasteiger partial charge in [-0.15, -0.1) is 0 Å². The topological polar surface area (TPSA) is 98.1 Å². The predicted molar refractivity (Wildman–Crippen MR) is 138 cm³/mol. The Hall–Kier alpha value is -2.44. The van der Waals surface area contributed by atoms with E-state index in [1.807, 2.05) is 39.8 Å². The number of aliphatic hydroxyl groups excluding tert-OH is 2. The number of allylic oxidation sites excluding steroid dienone is 2. The Balaban J connectivity index is 1.83. The molecular formula is C29H41NO5. The molecule has 2 amide bonds. The minimum absolute atomic E-state index is 0.124. The standard InChI is InChI=1S/C29H41NO5/c1-6-8-21-15-22-26(29(35)30(11-7-2)28(22)34)23(16-31)25(21)24(32)10-9-17(3)12-20-13-18(4)27(33)19(5)14-20/h12-14,22-24,26,31-33H,6-11,15-16H2,1-5H3/b17-12+/t22-,23+,24-,26-/m1/s1. The summed E-state index contributed by atoms with van der Waals surface area (Å²) in [7, 11) is 0. The fourth-order valence-electron chi connectivity index (χ4n) is 5.96. The maximum Gasteiger partial charge on any atom is 0.233 e. The number of rotatable bonds is 10. The van der Waals surface area contributed by atoms with Crippen molar-refractivity contribution in [2.24, 2.45) is 17.8 Å². The second-order valence-electron chi connectivity index (χ2n) is 10.3. The highest BCUT2D eigenvalue weighted by Gasteiger charge is 2.54. The molecule has 1 aromatic carbocycles. The molecule has 0 unspecified atom stereocenters. The molecule has 0 aromatic heterocycles. The lowest BCUT2D eigenvalue weighted by Gasteiger charge is -2.36. The first kappa shape index (κ1) is 27.2. The molecule has 4 atom stereocenters. The molecule has 0 radical (unpaired) electrons. The number of benzene rings is 1. The number of aryl methyl sites for hydroxylation is 2. The van der Waals surface area contributed by atoms with Gasteiger partial charge in [-0.25, -0.2) is 0 Å². The second-order valence-corrected chi connectivity index (χ2v) is 10.3. The van der Waals surface area contributed by atoms with E-state index in [1.54, 1.807) is 0 Å². The molecule has 35 heavy (non-hydrogen) atoms. The normalized spacial score (nSPS) is 23.8. The molecule has 2 aliphatic rings. The minimum Gasteiger partial charge on any atom is -0.507 e. The van der Waals surface area contributed by atoms with E-state index in [0.717, 1.165) is 46.3 Å². The Morgan fingerprint density at radius 1 is 1.14 bits per heavy atom. The summed E-state index contributed by atoms with van der Waals surface area (Å²) in [6, 6.07) is 3.88. The third-order valence-corrected chi connectivity index (χ3v) is 7.57. The number of aliphatic hydroxyl groups is 2. The van der Waals surface area contributed by atoms with Gasteiger partial charge in [-0.2, -0.15) is 0 Å². The molecule has 6 nitrogen and oxygen atoms in total. The number of fused-ring (bicyclic) bond motifs is 1. The Bertz CT molecular complexity index is 1000. The van der Waals surface area contributed by atoms with Crippen molar-refractivity contribution in [2.45, 2.75) is 79.2 Å². The van der Waals surface area contributed by atoms with Gasteiger partial charge in [0, 0.05) is 12.5 Å². The van der Waals surface area contributed by atoms with Gasteiger partial charge in [0.05, 0.1) is 24.5 Å². The largest absolute Gasteiger partial charge is 0.507 e. The van der Waals surface area contributed by atoms with Crippen LogP contribution in [0.5, 0.6) is 5.75 Å². The number of imide groups is 1. The highest BCUT2D eigenvalue weighted by molar-refractivity contribution is 6.05. The molecule has 1 heterocycles. The van der Waals surface area contributed by atoms with E-state index in [9.17, 15) is 24.9 Å². The summed E-state index contributed by atoms with van der Waals surface area (Å²) in [4.78, 5) is 27.5. The van der Waals surface area contributed by atoms with Crippen LogP contribution >= 0.6 is 0 Å². The third-order valence-electron chi connectivity index (χ3n) is 7.57. The van der Waals surface area contributed by atoms with Crippen LogP contribution in [0.3, 0.4) is 0 Å². The van der Waals surface area contributed by atoms with Gasteiger partial charge in [-0.3, -0.25) is 14.5 Å². The van der Waals surface area contributed by atoms with Crippen LogP contribution in [0, 0.1) is 31.6 Å². The molecule has 1 fully saturated rings. The molecule has 192 valence electrons. The van der Waals surface area contributed by atoms with Crippen LogP contribution in [0.15, 0.2) is 28.9 Å². The predicted octanol–water partition coefficient (Wildman–Crippen LogP) is 4.67. The molecule has 0 saturated carbocycles. The number of carbonyl (C=O) groups is 2. The molecular weight excluding hydrogens is 442 g/mol. The zero-order chi connectivity index (χ0) is 25.9. The highest BCUT2D eigenvalue weighted by Crippen LogP contribution is 2.47. The third kappa shape index (κ3) is 5.54. The van der Waals surface area contributed by atoms with Crippen LogP contribution in [0.4, 0.5) is 0 Å². The summed E-state index contributed by atoms with van der Waals surface area (Å²) in [6.07, 6.45) is 5.26. The lowest BCUT2D eigenvalue weighted by molar-refractivity contribution is -0.140. The van der Waals surface area contributed by atoms with Crippen molar-refractivity contribution >= 4 is 17.9 Å². The fraction of sp³-hybridized carbons (Fsp3) is 0.586. The molecule has 0 spiro atoms. The molecule has 1 saturated heterocycles. The Kier molecular flexibility index (Phi) is 8.94. The number of hydrogen-bond donors (Lipinski definition) is 3. The average molecular weight is 484 g/mol. The molecule has 3 N–H and O–H groups in total. The Labute approximate surface area is 209 Å².